The van der Waals surface area contributed by atoms with Crippen molar-refractivity contribution in [3.05, 3.63) is 29.7 Å². The second kappa shape index (κ2) is 4.44. The largest absolute Gasteiger partial charge is 0.345 e. The predicted octanol–water partition coefficient (Wildman–Crippen LogP) is 3.26. The Bertz CT molecular complexity index is 601. The number of rotatable bonds is 3. The Morgan fingerprint density at radius 1 is 1.39 bits per heavy atom. The van der Waals surface area contributed by atoms with Crippen LogP contribution < -0.4 is 4.90 Å². The fourth-order valence-corrected chi connectivity index (χ4v) is 2.24. The van der Waals surface area contributed by atoms with Crippen LogP contribution in [0.5, 0.6) is 0 Å². The lowest BCUT2D eigenvalue weighted by Crippen LogP contribution is -2.15. The van der Waals surface area contributed by atoms with Gasteiger partial charge in [0.1, 0.15) is 0 Å². The zero-order valence-corrected chi connectivity index (χ0v) is 11.1. The Balaban J connectivity index is 2.76. The highest BCUT2D eigenvalue weighted by atomic mass is 19.1. The first-order chi connectivity index (χ1) is 8.47. The molecule has 0 aliphatic rings. The van der Waals surface area contributed by atoms with E-state index in [1.165, 1.54) is 4.90 Å². The normalized spacial score (nSPS) is 11.2. The van der Waals surface area contributed by atoms with Crippen LogP contribution in [0.2, 0.25) is 0 Å². The molecule has 18 heavy (non-hydrogen) atoms. The molecule has 1 aromatic heterocycles. The molecule has 1 amide bonds. The zero-order chi connectivity index (χ0) is 13.4. The smallest absolute Gasteiger partial charge is 0.213 e. The van der Waals surface area contributed by atoms with Crippen molar-refractivity contribution in [2.75, 3.05) is 11.9 Å². The Hall–Kier alpha value is -1.84. The number of anilines is 1. The summed E-state index contributed by atoms with van der Waals surface area (Å²) >= 11 is 0. The highest BCUT2D eigenvalue weighted by molar-refractivity contribution is 5.90. The highest BCUT2D eigenvalue weighted by Gasteiger charge is 2.16. The summed E-state index contributed by atoms with van der Waals surface area (Å²) in [6.07, 6.45) is 2.56. The molecule has 0 saturated heterocycles. The summed E-state index contributed by atoms with van der Waals surface area (Å²) in [7, 11) is 1.55. The van der Waals surface area contributed by atoms with Gasteiger partial charge in [0, 0.05) is 24.7 Å². The number of benzene rings is 1. The molecular weight excluding hydrogens is 231 g/mol. The van der Waals surface area contributed by atoms with E-state index in [-0.39, 0.29) is 11.9 Å². The number of aromatic nitrogens is 1. The van der Waals surface area contributed by atoms with E-state index < -0.39 is 0 Å². The second-order valence-electron chi connectivity index (χ2n) is 4.82. The van der Waals surface area contributed by atoms with Gasteiger partial charge < -0.3 is 9.47 Å². The average molecular weight is 248 g/mol. The van der Waals surface area contributed by atoms with Gasteiger partial charge in [-0.25, -0.2) is 4.39 Å². The summed E-state index contributed by atoms with van der Waals surface area (Å²) < 4.78 is 16.5. The van der Waals surface area contributed by atoms with E-state index >= 15 is 0 Å². The highest BCUT2D eigenvalue weighted by Crippen LogP contribution is 2.31. The van der Waals surface area contributed by atoms with Crippen molar-refractivity contribution in [1.82, 2.24) is 4.57 Å². The number of amides is 1. The van der Waals surface area contributed by atoms with Gasteiger partial charge in [-0.05, 0) is 38.5 Å². The summed E-state index contributed by atoms with van der Waals surface area (Å²) in [5.41, 5.74) is 2.06. The maximum atomic E-state index is 14.4. The van der Waals surface area contributed by atoms with Gasteiger partial charge >= 0.3 is 0 Å². The number of fused-ring (bicyclic) bond motifs is 1. The lowest BCUT2D eigenvalue weighted by atomic mass is 10.1. The molecule has 0 N–H and O–H groups in total. The lowest BCUT2D eigenvalue weighted by Gasteiger charge is -2.14. The number of carbonyl (C=O) groups is 1. The molecule has 0 aliphatic heterocycles. The van der Waals surface area contributed by atoms with Gasteiger partial charge in [-0.15, -0.1) is 0 Å². The van der Waals surface area contributed by atoms with Crippen molar-refractivity contribution in [3.8, 4) is 0 Å². The molecule has 0 radical (unpaired) electrons. The fourth-order valence-electron chi connectivity index (χ4n) is 2.24. The third kappa shape index (κ3) is 1.78. The molecule has 0 unspecified atom stereocenters. The molecule has 96 valence electrons. The summed E-state index contributed by atoms with van der Waals surface area (Å²) in [5.74, 6) is -0.334. The number of halogens is 1. The van der Waals surface area contributed by atoms with Crippen molar-refractivity contribution >= 4 is 23.0 Å². The zero-order valence-electron chi connectivity index (χ0n) is 11.1. The average Bonchev–Trinajstić information content (AvgIpc) is 2.67. The number of hydrogen-bond acceptors (Lipinski definition) is 1. The van der Waals surface area contributed by atoms with Gasteiger partial charge in [0.05, 0.1) is 11.2 Å². The van der Waals surface area contributed by atoms with Crippen LogP contribution in [-0.2, 0) is 4.79 Å². The van der Waals surface area contributed by atoms with Crippen molar-refractivity contribution in [3.63, 3.8) is 0 Å². The van der Waals surface area contributed by atoms with Crippen LogP contribution in [0.4, 0.5) is 10.1 Å². The first-order valence-corrected chi connectivity index (χ1v) is 5.95. The molecule has 3 nitrogen and oxygen atoms in total. The Labute approximate surface area is 106 Å². The van der Waals surface area contributed by atoms with Crippen LogP contribution in [0.1, 0.15) is 25.5 Å². The van der Waals surface area contributed by atoms with Gasteiger partial charge in [-0.3, -0.25) is 4.79 Å². The van der Waals surface area contributed by atoms with E-state index in [0.717, 1.165) is 11.1 Å². The standard InChI is InChI=1S/C14H17FN2O/c1-9(2)17-7-10(3)13-11(17)5-6-12(14(13)15)16(4)8-18/h5-9H,1-4H3. The second-order valence-corrected chi connectivity index (χ2v) is 4.82. The monoisotopic (exact) mass is 248 g/mol. The third-order valence-electron chi connectivity index (χ3n) is 3.20. The van der Waals surface area contributed by atoms with Crippen molar-refractivity contribution in [2.24, 2.45) is 0 Å². The van der Waals surface area contributed by atoms with Crippen LogP contribution in [0.3, 0.4) is 0 Å². The maximum Gasteiger partial charge on any atom is 0.213 e. The minimum absolute atomic E-state index is 0.273. The number of carbonyl (C=O) groups excluding carboxylic acids is 1. The summed E-state index contributed by atoms with van der Waals surface area (Å²) in [4.78, 5) is 12.0. The number of nitrogens with zero attached hydrogens (tertiary/aromatic N) is 2. The van der Waals surface area contributed by atoms with E-state index in [1.54, 1.807) is 13.1 Å². The van der Waals surface area contributed by atoms with Crippen molar-refractivity contribution < 1.29 is 9.18 Å². The van der Waals surface area contributed by atoms with Crippen LogP contribution in [0.15, 0.2) is 18.3 Å². The van der Waals surface area contributed by atoms with Crippen molar-refractivity contribution in [1.29, 1.82) is 0 Å². The van der Waals surface area contributed by atoms with Gasteiger partial charge in [-0.2, -0.15) is 0 Å². The summed E-state index contributed by atoms with van der Waals surface area (Å²) in [6, 6.07) is 3.78. The number of aryl methyl sites for hydroxylation is 1. The van der Waals surface area contributed by atoms with Crippen LogP contribution >= 0.6 is 0 Å². The van der Waals surface area contributed by atoms with Gasteiger partial charge in [-0.1, -0.05) is 0 Å². The Morgan fingerprint density at radius 3 is 2.61 bits per heavy atom. The van der Waals surface area contributed by atoms with E-state index in [4.69, 9.17) is 0 Å². The SMILES string of the molecule is Cc1cn(C(C)C)c2ccc(N(C)C=O)c(F)c12. The minimum atomic E-state index is -0.334. The fraction of sp³-hybridized carbons (Fsp3) is 0.357. The molecule has 1 heterocycles. The first-order valence-electron chi connectivity index (χ1n) is 5.95. The third-order valence-corrected chi connectivity index (χ3v) is 3.20. The quantitative estimate of drug-likeness (QED) is 0.765. The summed E-state index contributed by atoms with van der Waals surface area (Å²) in [6.45, 7) is 6.00. The number of hydrogen-bond donors (Lipinski definition) is 0. The maximum absolute atomic E-state index is 14.4. The molecule has 0 fully saturated rings. The molecule has 2 aromatic rings. The Morgan fingerprint density at radius 2 is 2.06 bits per heavy atom. The van der Waals surface area contributed by atoms with Crippen LogP contribution in [-0.4, -0.2) is 18.0 Å². The molecule has 0 atom stereocenters. The van der Waals surface area contributed by atoms with Crippen LogP contribution in [0.25, 0.3) is 10.9 Å². The topological polar surface area (TPSA) is 25.2 Å². The van der Waals surface area contributed by atoms with Gasteiger partial charge in [0.15, 0.2) is 5.82 Å². The van der Waals surface area contributed by atoms with E-state index in [9.17, 15) is 9.18 Å². The molecule has 0 spiro atoms. The molecular formula is C14H17FN2O. The van der Waals surface area contributed by atoms with E-state index in [1.807, 2.05) is 23.8 Å². The molecule has 0 saturated carbocycles. The molecule has 4 heteroatoms. The van der Waals surface area contributed by atoms with E-state index in [0.29, 0.717) is 17.5 Å². The predicted molar refractivity (Wildman–Crippen MR) is 71.5 cm³/mol. The van der Waals surface area contributed by atoms with Crippen molar-refractivity contribution in [2.45, 2.75) is 26.8 Å². The van der Waals surface area contributed by atoms with Gasteiger partial charge in [0.25, 0.3) is 0 Å². The van der Waals surface area contributed by atoms with Gasteiger partial charge in [0.2, 0.25) is 6.41 Å². The van der Waals surface area contributed by atoms with E-state index in [2.05, 4.69) is 13.8 Å². The first kappa shape index (κ1) is 12.6. The molecule has 2 rings (SSSR count). The summed E-state index contributed by atoms with van der Waals surface area (Å²) in [5, 5.41) is 0.592. The minimum Gasteiger partial charge on any atom is -0.345 e. The lowest BCUT2D eigenvalue weighted by molar-refractivity contribution is -0.107. The molecule has 1 aromatic carbocycles. The van der Waals surface area contributed by atoms with Crippen LogP contribution in [0, 0.1) is 12.7 Å². The Kier molecular flexibility index (Phi) is 3.11. The molecule has 0 bridgehead atoms. The molecule has 0 aliphatic carbocycles.